The van der Waals surface area contributed by atoms with Gasteiger partial charge in [0.2, 0.25) is 0 Å². The Labute approximate surface area is 78.0 Å². The molecule has 0 saturated carbocycles. The van der Waals surface area contributed by atoms with E-state index in [2.05, 4.69) is 9.88 Å². The maximum absolute atomic E-state index is 9.25. The summed E-state index contributed by atoms with van der Waals surface area (Å²) >= 11 is 0. The molecule has 0 bridgehead atoms. The minimum Gasteiger partial charge on any atom is -0.506 e. The monoisotopic (exact) mass is 178 g/mol. The Morgan fingerprint density at radius 3 is 2.62 bits per heavy atom. The Kier molecular flexibility index (Phi) is 2.34. The van der Waals surface area contributed by atoms with Crippen LogP contribution in [0, 0.1) is 0 Å². The van der Waals surface area contributed by atoms with Gasteiger partial charge in [0.15, 0.2) is 0 Å². The van der Waals surface area contributed by atoms with Gasteiger partial charge in [0.1, 0.15) is 5.75 Å². The molecule has 1 N–H and O–H groups in total. The lowest BCUT2D eigenvalue weighted by Gasteiger charge is -2.28. The predicted octanol–water partition coefficient (Wildman–Crippen LogP) is 1.78. The first-order valence-corrected chi connectivity index (χ1v) is 4.75. The highest BCUT2D eigenvalue weighted by atomic mass is 16.3. The number of anilines is 1. The maximum Gasteiger partial charge on any atom is 0.135 e. The van der Waals surface area contributed by atoms with E-state index < -0.39 is 0 Å². The Balaban J connectivity index is 2.14. The van der Waals surface area contributed by atoms with Crippen LogP contribution in [0.3, 0.4) is 0 Å². The number of pyridine rings is 1. The lowest BCUT2D eigenvalue weighted by atomic mass is 10.1. The number of nitrogens with zero attached hydrogens (tertiary/aromatic N) is 2. The molecule has 2 rings (SSSR count). The summed E-state index contributed by atoms with van der Waals surface area (Å²) in [5.41, 5.74) is 1.04. The predicted molar refractivity (Wildman–Crippen MR) is 52.0 cm³/mol. The second-order valence-electron chi connectivity index (χ2n) is 3.45. The number of hydrogen-bond acceptors (Lipinski definition) is 3. The van der Waals surface area contributed by atoms with E-state index in [-0.39, 0.29) is 5.75 Å². The van der Waals surface area contributed by atoms with Crippen LogP contribution in [-0.4, -0.2) is 23.2 Å². The average Bonchev–Trinajstić information content (AvgIpc) is 2.19. The van der Waals surface area contributed by atoms with Crippen molar-refractivity contribution in [2.75, 3.05) is 18.0 Å². The minimum absolute atomic E-state index is 0.253. The molecule has 70 valence electrons. The van der Waals surface area contributed by atoms with Crippen LogP contribution in [0.25, 0.3) is 0 Å². The number of hydrogen-bond donors (Lipinski definition) is 1. The summed E-state index contributed by atoms with van der Waals surface area (Å²) in [7, 11) is 0. The molecule has 0 radical (unpaired) electrons. The molecule has 0 spiro atoms. The third-order valence-electron chi connectivity index (χ3n) is 2.43. The van der Waals surface area contributed by atoms with Crippen LogP contribution >= 0.6 is 0 Å². The normalized spacial score (nSPS) is 17.4. The van der Waals surface area contributed by atoms with Gasteiger partial charge in [-0.1, -0.05) is 0 Å². The molecule has 1 saturated heterocycles. The van der Waals surface area contributed by atoms with Crippen molar-refractivity contribution in [3.63, 3.8) is 0 Å². The van der Waals surface area contributed by atoms with Gasteiger partial charge in [-0.25, -0.2) is 0 Å². The van der Waals surface area contributed by atoms with E-state index >= 15 is 0 Å². The molecule has 0 unspecified atom stereocenters. The number of rotatable bonds is 1. The van der Waals surface area contributed by atoms with Gasteiger partial charge in [-0.15, -0.1) is 0 Å². The fourth-order valence-corrected chi connectivity index (χ4v) is 1.74. The van der Waals surface area contributed by atoms with Crippen LogP contribution in [0.5, 0.6) is 5.75 Å². The zero-order valence-electron chi connectivity index (χ0n) is 7.61. The largest absolute Gasteiger partial charge is 0.506 e. The molecule has 1 aliphatic heterocycles. The smallest absolute Gasteiger partial charge is 0.135 e. The fraction of sp³-hybridized carbons (Fsp3) is 0.500. The van der Waals surface area contributed by atoms with Gasteiger partial charge in [-0.3, -0.25) is 4.98 Å². The molecule has 3 nitrogen and oxygen atoms in total. The standard InChI is InChI=1S/C10H14N2O/c13-10-6-9(7-11-8-10)12-4-2-1-3-5-12/h6-8,13H,1-5H2. The third-order valence-corrected chi connectivity index (χ3v) is 2.43. The second-order valence-corrected chi connectivity index (χ2v) is 3.45. The summed E-state index contributed by atoms with van der Waals surface area (Å²) in [6.07, 6.45) is 7.09. The summed E-state index contributed by atoms with van der Waals surface area (Å²) in [6, 6.07) is 1.78. The van der Waals surface area contributed by atoms with Crippen molar-refractivity contribution < 1.29 is 5.11 Å². The summed E-state index contributed by atoms with van der Waals surface area (Å²) in [5.74, 6) is 0.253. The Morgan fingerprint density at radius 1 is 1.15 bits per heavy atom. The van der Waals surface area contributed by atoms with Crippen molar-refractivity contribution in [3.8, 4) is 5.75 Å². The second kappa shape index (κ2) is 3.64. The SMILES string of the molecule is Oc1cncc(N2CCCCC2)c1. The van der Waals surface area contributed by atoms with E-state index in [0.717, 1.165) is 18.8 Å². The minimum atomic E-state index is 0.253. The molecule has 0 aliphatic carbocycles. The van der Waals surface area contributed by atoms with E-state index in [1.807, 2.05) is 6.20 Å². The van der Waals surface area contributed by atoms with Crippen LogP contribution in [0.4, 0.5) is 5.69 Å². The fourth-order valence-electron chi connectivity index (χ4n) is 1.74. The molecule has 1 aromatic rings. The van der Waals surface area contributed by atoms with Crippen molar-refractivity contribution in [3.05, 3.63) is 18.5 Å². The number of aromatic hydroxyl groups is 1. The zero-order chi connectivity index (χ0) is 9.10. The first kappa shape index (κ1) is 8.35. The Hall–Kier alpha value is -1.25. The van der Waals surface area contributed by atoms with Gasteiger partial charge in [0, 0.05) is 19.2 Å². The zero-order valence-corrected chi connectivity index (χ0v) is 7.61. The van der Waals surface area contributed by atoms with E-state index in [4.69, 9.17) is 0 Å². The van der Waals surface area contributed by atoms with Gasteiger partial charge in [0.25, 0.3) is 0 Å². The molecule has 0 amide bonds. The first-order valence-electron chi connectivity index (χ1n) is 4.75. The summed E-state index contributed by atoms with van der Waals surface area (Å²) < 4.78 is 0. The highest BCUT2D eigenvalue weighted by molar-refractivity contribution is 5.47. The summed E-state index contributed by atoms with van der Waals surface area (Å²) in [6.45, 7) is 2.18. The number of aromatic nitrogens is 1. The molecular formula is C10H14N2O. The molecule has 1 aliphatic rings. The molecule has 1 fully saturated rings. The topological polar surface area (TPSA) is 36.4 Å². The molecule has 0 aromatic carbocycles. The van der Waals surface area contributed by atoms with Gasteiger partial charge < -0.3 is 10.0 Å². The Morgan fingerprint density at radius 2 is 1.92 bits per heavy atom. The quantitative estimate of drug-likeness (QED) is 0.712. The van der Waals surface area contributed by atoms with Crippen molar-refractivity contribution in [1.82, 2.24) is 4.98 Å². The van der Waals surface area contributed by atoms with E-state index in [0.29, 0.717) is 0 Å². The third kappa shape index (κ3) is 1.91. The highest BCUT2D eigenvalue weighted by Gasteiger charge is 2.10. The average molecular weight is 178 g/mol. The van der Waals surface area contributed by atoms with Crippen LogP contribution < -0.4 is 4.90 Å². The van der Waals surface area contributed by atoms with Gasteiger partial charge in [-0.2, -0.15) is 0 Å². The number of piperidine rings is 1. The van der Waals surface area contributed by atoms with E-state index in [1.54, 1.807) is 6.07 Å². The summed E-state index contributed by atoms with van der Waals surface area (Å²) in [4.78, 5) is 6.24. The first-order chi connectivity index (χ1) is 6.36. The molecule has 2 heterocycles. The lowest BCUT2D eigenvalue weighted by Crippen LogP contribution is -2.29. The van der Waals surface area contributed by atoms with Crippen molar-refractivity contribution in [1.29, 1.82) is 0 Å². The molecule has 1 aromatic heterocycles. The van der Waals surface area contributed by atoms with E-state index in [9.17, 15) is 5.11 Å². The lowest BCUT2D eigenvalue weighted by molar-refractivity contribution is 0.472. The van der Waals surface area contributed by atoms with Gasteiger partial charge >= 0.3 is 0 Å². The maximum atomic E-state index is 9.25. The van der Waals surface area contributed by atoms with Crippen LogP contribution in [0.15, 0.2) is 18.5 Å². The Bertz CT molecular complexity index is 282. The highest BCUT2D eigenvalue weighted by Crippen LogP contribution is 2.21. The van der Waals surface area contributed by atoms with E-state index in [1.165, 1.54) is 25.5 Å². The van der Waals surface area contributed by atoms with Gasteiger partial charge in [0.05, 0.1) is 18.1 Å². The van der Waals surface area contributed by atoms with Gasteiger partial charge in [-0.05, 0) is 19.3 Å². The van der Waals surface area contributed by atoms with Crippen molar-refractivity contribution >= 4 is 5.69 Å². The van der Waals surface area contributed by atoms with Crippen molar-refractivity contribution in [2.24, 2.45) is 0 Å². The molecule has 13 heavy (non-hydrogen) atoms. The molecular weight excluding hydrogens is 164 g/mol. The molecule has 3 heteroatoms. The molecule has 0 atom stereocenters. The van der Waals surface area contributed by atoms with Crippen molar-refractivity contribution in [2.45, 2.75) is 19.3 Å². The van der Waals surface area contributed by atoms with Crippen LogP contribution in [0.2, 0.25) is 0 Å². The van der Waals surface area contributed by atoms with Crippen LogP contribution in [0.1, 0.15) is 19.3 Å². The summed E-state index contributed by atoms with van der Waals surface area (Å²) in [5, 5.41) is 9.25. The van der Waals surface area contributed by atoms with Crippen LogP contribution in [-0.2, 0) is 0 Å².